The maximum Gasteiger partial charge on any atom is 0.417 e. The van der Waals surface area contributed by atoms with Crippen LogP contribution in [0.15, 0.2) is 36.4 Å². The van der Waals surface area contributed by atoms with Gasteiger partial charge in [0.25, 0.3) is 5.91 Å². The van der Waals surface area contributed by atoms with E-state index in [4.69, 9.17) is 11.0 Å². The molecule has 2 heterocycles. The molecule has 10 heteroatoms. The van der Waals surface area contributed by atoms with Gasteiger partial charge in [0, 0.05) is 42.8 Å². The fourth-order valence-electron chi connectivity index (χ4n) is 5.19. The van der Waals surface area contributed by atoms with Gasteiger partial charge in [-0.05, 0) is 55.7 Å². The number of halogens is 4. The smallest absolute Gasteiger partial charge is 0.370 e. The summed E-state index contributed by atoms with van der Waals surface area (Å²) in [7, 11) is 0. The molecule has 2 aromatic carbocycles. The first-order valence-corrected chi connectivity index (χ1v) is 11.2. The molecule has 0 radical (unpaired) electrons. The van der Waals surface area contributed by atoms with Gasteiger partial charge in [-0.1, -0.05) is 6.07 Å². The van der Waals surface area contributed by atoms with E-state index in [9.17, 15) is 27.2 Å². The normalized spacial score (nSPS) is 19.6. The fraction of sp³-hybridized carbons (Fsp3) is 0.400. The number of hydrogen-bond donors (Lipinski definition) is 1. The molecule has 0 aliphatic carbocycles. The zero-order valence-corrected chi connectivity index (χ0v) is 19.0. The third-order valence-corrected chi connectivity index (χ3v) is 7.25. The number of primary amides is 1. The molecule has 2 aliphatic rings. The van der Waals surface area contributed by atoms with Crippen molar-refractivity contribution in [1.29, 1.82) is 5.26 Å². The number of carbonyl (C=O) groups excluding carboxylic acids is 2. The topological polar surface area (TPSA) is 90.4 Å². The number of alkyl halides is 3. The molecule has 1 spiro atoms. The third kappa shape index (κ3) is 4.55. The fourth-order valence-corrected chi connectivity index (χ4v) is 5.19. The summed E-state index contributed by atoms with van der Waals surface area (Å²) in [6.07, 6.45) is -3.83. The number of aryl methyl sites for hydroxylation is 1. The van der Waals surface area contributed by atoms with Crippen molar-refractivity contribution in [1.82, 2.24) is 4.90 Å². The van der Waals surface area contributed by atoms with E-state index in [1.54, 1.807) is 34.9 Å². The lowest BCUT2D eigenvalue weighted by Gasteiger charge is -2.41. The van der Waals surface area contributed by atoms with Crippen molar-refractivity contribution >= 4 is 17.5 Å². The van der Waals surface area contributed by atoms with E-state index in [2.05, 4.69) is 0 Å². The largest absolute Gasteiger partial charge is 0.417 e. The molecule has 35 heavy (non-hydrogen) atoms. The number of carbonyl (C=O) groups is 2. The molecule has 2 N–H and O–H groups in total. The predicted octanol–water partition coefficient (Wildman–Crippen LogP) is 3.87. The standard InChI is InChI=1S/C25H24F4N4O2/c1-15-2-3-16(10-21(15)26)23(35)32-8-6-24(7-9-32)14-33(13-20(24)22(31)34)18-5-4-17(12-30)19(11-18)25(27,28)29/h2-5,10-11,20H,6-9,13-14H2,1H3,(H2,31,34). The zero-order chi connectivity index (χ0) is 25.5. The third-order valence-electron chi connectivity index (χ3n) is 7.25. The first-order chi connectivity index (χ1) is 16.4. The number of piperidine rings is 1. The van der Waals surface area contributed by atoms with Gasteiger partial charge in [-0.2, -0.15) is 18.4 Å². The minimum atomic E-state index is -4.69. The Morgan fingerprint density at radius 1 is 1.14 bits per heavy atom. The first-order valence-electron chi connectivity index (χ1n) is 11.2. The highest BCUT2D eigenvalue weighted by molar-refractivity contribution is 5.94. The van der Waals surface area contributed by atoms with E-state index in [1.807, 2.05) is 0 Å². The van der Waals surface area contributed by atoms with E-state index in [-0.39, 0.29) is 23.7 Å². The second kappa shape index (κ2) is 8.87. The Bertz CT molecular complexity index is 1210. The first kappa shape index (κ1) is 24.5. The van der Waals surface area contributed by atoms with E-state index in [0.717, 1.165) is 12.1 Å². The molecule has 2 aliphatic heterocycles. The molecular weight excluding hydrogens is 464 g/mol. The van der Waals surface area contributed by atoms with Gasteiger partial charge >= 0.3 is 6.18 Å². The molecule has 0 aromatic heterocycles. The van der Waals surface area contributed by atoms with Crippen LogP contribution >= 0.6 is 0 Å². The Morgan fingerprint density at radius 3 is 2.40 bits per heavy atom. The summed E-state index contributed by atoms with van der Waals surface area (Å²) in [5, 5.41) is 9.05. The summed E-state index contributed by atoms with van der Waals surface area (Å²) < 4.78 is 54.3. The Morgan fingerprint density at radius 2 is 1.83 bits per heavy atom. The van der Waals surface area contributed by atoms with Gasteiger partial charge in [0.15, 0.2) is 0 Å². The minimum absolute atomic E-state index is 0.148. The van der Waals surface area contributed by atoms with Gasteiger partial charge in [-0.3, -0.25) is 9.59 Å². The second-order valence-corrected chi connectivity index (χ2v) is 9.29. The van der Waals surface area contributed by atoms with Crippen LogP contribution in [0.4, 0.5) is 23.2 Å². The summed E-state index contributed by atoms with van der Waals surface area (Å²) in [5.74, 6) is -1.93. The van der Waals surface area contributed by atoms with Gasteiger partial charge in [-0.15, -0.1) is 0 Å². The average Bonchev–Trinajstić information content (AvgIpc) is 3.19. The SMILES string of the molecule is Cc1ccc(C(=O)N2CCC3(CC2)CN(c2ccc(C#N)c(C(F)(F)F)c2)CC3C(N)=O)cc1F. The average molecular weight is 488 g/mol. The number of rotatable bonds is 3. The molecule has 6 nitrogen and oxygen atoms in total. The van der Waals surface area contributed by atoms with Crippen molar-refractivity contribution in [2.45, 2.75) is 25.9 Å². The van der Waals surface area contributed by atoms with Crippen LogP contribution in [-0.2, 0) is 11.0 Å². The van der Waals surface area contributed by atoms with Gasteiger partial charge in [-0.25, -0.2) is 4.39 Å². The Kier molecular flexibility index (Phi) is 6.21. The number of likely N-dealkylation sites (tertiary alicyclic amines) is 1. The van der Waals surface area contributed by atoms with E-state index in [1.165, 1.54) is 12.1 Å². The summed E-state index contributed by atoms with van der Waals surface area (Å²) in [4.78, 5) is 28.5. The summed E-state index contributed by atoms with van der Waals surface area (Å²) in [5.41, 5.74) is 4.52. The van der Waals surface area contributed by atoms with Crippen LogP contribution in [-0.4, -0.2) is 42.9 Å². The van der Waals surface area contributed by atoms with Crippen molar-refractivity contribution in [2.24, 2.45) is 17.1 Å². The number of hydrogen-bond acceptors (Lipinski definition) is 4. The highest BCUT2D eigenvalue weighted by Crippen LogP contribution is 2.47. The van der Waals surface area contributed by atoms with Crippen molar-refractivity contribution in [3.63, 3.8) is 0 Å². The zero-order valence-electron chi connectivity index (χ0n) is 19.0. The lowest BCUT2D eigenvalue weighted by Crippen LogP contribution is -2.49. The van der Waals surface area contributed by atoms with Crippen LogP contribution in [0.1, 0.15) is 39.9 Å². The van der Waals surface area contributed by atoms with Crippen LogP contribution in [0, 0.1) is 35.4 Å². The summed E-state index contributed by atoms with van der Waals surface area (Å²) in [6.45, 7) is 2.68. The molecule has 0 bridgehead atoms. The maximum atomic E-state index is 13.9. The molecule has 2 aromatic rings. The molecular formula is C25H24F4N4O2. The van der Waals surface area contributed by atoms with E-state index in [0.29, 0.717) is 38.0 Å². The highest BCUT2D eigenvalue weighted by Gasteiger charge is 2.51. The lowest BCUT2D eigenvalue weighted by atomic mass is 9.70. The van der Waals surface area contributed by atoms with Crippen LogP contribution in [0.25, 0.3) is 0 Å². The Hall–Kier alpha value is -3.61. The molecule has 2 amide bonds. The summed E-state index contributed by atoms with van der Waals surface area (Å²) in [6, 6.07) is 9.38. The highest BCUT2D eigenvalue weighted by atomic mass is 19.4. The van der Waals surface area contributed by atoms with E-state index >= 15 is 0 Å². The van der Waals surface area contributed by atoms with E-state index < -0.39 is 40.4 Å². The van der Waals surface area contributed by atoms with Gasteiger partial charge in [0.05, 0.1) is 23.1 Å². The van der Waals surface area contributed by atoms with Gasteiger partial charge < -0.3 is 15.5 Å². The van der Waals surface area contributed by atoms with Crippen LogP contribution in [0.3, 0.4) is 0 Å². The van der Waals surface area contributed by atoms with Crippen molar-refractivity contribution < 1.29 is 27.2 Å². The molecule has 2 saturated heterocycles. The number of nitrogens with two attached hydrogens (primary N) is 1. The Balaban J connectivity index is 1.55. The molecule has 2 fully saturated rings. The van der Waals surface area contributed by atoms with Crippen molar-refractivity contribution in [2.75, 3.05) is 31.1 Å². The van der Waals surface area contributed by atoms with Crippen LogP contribution in [0.2, 0.25) is 0 Å². The minimum Gasteiger partial charge on any atom is -0.370 e. The maximum absolute atomic E-state index is 13.9. The predicted molar refractivity (Wildman–Crippen MR) is 120 cm³/mol. The number of anilines is 1. The van der Waals surface area contributed by atoms with Gasteiger partial charge in [0.2, 0.25) is 5.91 Å². The van der Waals surface area contributed by atoms with Crippen LogP contribution < -0.4 is 10.6 Å². The quantitative estimate of drug-likeness (QED) is 0.665. The lowest BCUT2D eigenvalue weighted by molar-refractivity contribution is -0.137. The number of amides is 2. The number of benzene rings is 2. The summed E-state index contributed by atoms with van der Waals surface area (Å²) >= 11 is 0. The van der Waals surface area contributed by atoms with Crippen molar-refractivity contribution in [3.8, 4) is 6.07 Å². The number of nitrogens with zero attached hydrogens (tertiary/aromatic N) is 3. The molecule has 184 valence electrons. The molecule has 1 unspecified atom stereocenters. The van der Waals surface area contributed by atoms with Gasteiger partial charge in [0.1, 0.15) is 5.82 Å². The molecule has 0 saturated carbocycles. The van der Waals surface area contributed by atoms with Crippen molar-refractivity contribution in [3.05, 3.63) is 64.5 Å². The molecule has 1 atom stereocenters. The second-order valence-electron chi connectivity index (χ2n) is 9.29. The van der Waals surface area contributed by atoms with Crippen LogP contribution in [0.5, 0.6) is 0 Å². The molecule has 4 rings (SSSR count). The monoisotopic (exact) mass is 488 g/mol. The Labute approximate surface area is 199 Å². The number of nitriles is 1.